The first-order valence-corrected chi connectivity index (χ1v) is 10.2. The SMILES string of the molecule is Cc1ccccc1CN1C(=O)[C@](O)(CC(=O)c2ccc(Br)cc2)c2ccccc21. The molecule has 0 spiro atoms. The van der Waals surface area contributed by atoms with Gasteiger partial charge in [-0.2, -0.15) is 0 Å². The lowest BCUT2D eigenvalue weighted by Gasteiger charge is -2.23. The molecule has 0 aromatic heterocycles. The molecular weight excluding hydrogens is 430 g/mol. The average Bonchev–Trinajstić information content (AvgIpc) is 2.92. The van der Waals surface area contributed by atoms with Crippen molar-refractivity contribution in [3.8, 4) is 0 Å². The molecule has 1 N–H and O–H groups in total. The molecule has 1 heterocycles. The van der Waals surface area contributed by atoms with Crippen LogP contribution in [0.1, 0.15) is 33.5 Å². The molecule has 0 bridgehead atoms. The van der Waals surface area contributed by atoms with Crippen LogP contribution in [-0.2, 0) is 16.9 Å². The molecule has 0 aliphatic carbocycles. The summed E-state index contributed by atoms with van der Waals surface area (Å²) in [5.74, 6) is -0.742. The number of halogens is 1. The van der Waals surface area contributed by atoms with E-state index in [2.05, 4.69) is 15.9 Å². The summed E-state index contributed by atoms with van der Waals surface area (Å²) in [5, 5.41) is 11.4. The maximum Gasteiger partial charge on any atom is 0.264 e. The summed E-state index contributed by atoms with van der Waals surface area (Å²) in [4.78, 5) is 27.8. The van der Waals surface area contributed by atoms with Crippen LogP contribution in [0, 0.1) is 6.92 Å². The number of benzene rings is 3. The number of anilines is 1. The second kappa shape index (κ2) is 7.58. The molecule has 1 atom stereocenters. The number of rotatable bonds is 5. The van der Waals surface area contributed by atoms with Crippen LogP contribution in [0.3, 0.4) is 0 Å². The molecule has 5 heteroatoms. The zero-order valence-corrected chi connectivity index (χ0v) is 17.5. The van der Waals surface area contributed by atoms with Gasteiger partial charge in [0.1, 0.15) is 0 Å². The lowest BCUT2D eigenvalue weighted by molar-refractivity contribution is -0.136. The largest absolute Gasteiger partial charge is 0.375 e. The second-order valence-electron chi connectivity index (χ2n) is 7.30. The Balaban J connectivity index is 1.69. The number of carbonyl (C=O) groups excluding carboxylic acids is 2. The maximum absolute atomic E-state index is 13.3. The number of amides is 1. The summed E-state index contributed by atoms with van der Waals surface area (Å²) in [5.41, 5.74) is 1.78. The first-order chi connectivity index (χ1) is 13.9. The molecule has 0 unspecified atom stereocenters. The molecular formula is C24H20BrNO3. The molecule has 1 amide bonds. The van der Waals surface area contributed by atoms with E-state index in [0.717, 1.165) is 15.6 Å². The number of fused-ring (bicyclic) bond motifs is 1. The highest BCUT2D eigenvalue weighted by molar-refractivity contribution is 9.10. The van der Waals surface area contributed by atoms with Crippen LogP contribution in [0.4, 0.5) is 5.69 Å². The average molecular weight is 450 g/mol. The smallest absolute Gasteiger partial charge is 0.264 e. The van der Waals surface area contributed by atoms with Gasteiger partial charge in [-0.05, 0) is 36.2 Å². The van der Waals surface area contributed by atoms with Crippen molar-refractivity contribution in [2.75, 3.05) is 4.90 Å². The Kier molecular flexibility index (Phi) is 5.11. The van der Waals surface area contributed by atoms with Gasteiger partial charge in [0.25, 0.3) is 5.91 Å². The molecule has 3 aromatic carbocycles. The number of hydrogen-bond acceptors (Lipinski definition) is 3. The van der Waals surface area contributed by atoms with Gasteiger partial charge in [0.05, 0.1) is 18.7 Å². The minimum Gasteiger partial charge on any atom is -0.375 e. The zero-order valence-electron chi connectivity index (χ0n) is 15.9. The Labute approximate surface area is 177 Å². The van der Waals surface area contributed by atoms with Crippen LogP contribution in [0.2, 0.25) is 0 Å². The van der Waals surface area contributed by atoms with Crippen LogP contribution >= 0.6 is 15.9 Å². The highest BCUT2D eigenvalue weighted by Crippen LogP contribution is 2.43. The van der Waals surface area contributed by atoms with E-state index in [-0.39, 0.29) is 12.2 Å². The van der Waals surface area contributed by atoms with Gasteiger partial charge < -0.3 is 10.0 Å². The third kappa shape index (κ3) is 3.52. The van der Waals surface area contributed by atoms with Gasteiger partial charge >= 0.3 is 0 Å². The highest BCUT2D eigenvalue weighted by atomic mass is 79.9. The Hall–Kier alpha value is -2.76. The normalized spacial score (nSPS) is 18.0. The van der Waals surface area contributed by atoms with E-state index in [1.165, 1.54) is 0 Å². The summed E-state index contributed by atoms with van der Waals surface area (Å²) in [6.07, 6.45) is -0.297. The van der Waals surface area contributed by atoms with E-state index in [4.69, 9.17) is 0 Å². The number of hydrogen-bond donors (Lipinski definition) is 1. The highest BCUT2D eigenvalue weighted by Gasteiger charge is 2.50. The van der Waals surface area contributed by atoms with E-state index in [0.29, 0.717) is 23.4 Å². The van der Waals surface area contributed by atoms with Crippen molar-refractivity contribution >= 4 is 33.3 Å². The minimum absolute atomic E-state index is 0.277. The second-order valence-corrected chi connectivity index (χ2v) is 8.22. The molecule has 29 heavy (non-hydrogen) atoms. The molecule has 0 radical (unpaired) electrons. The summed E-state index contributed by atoms with van der Waals surface area (Å²) in [6.45, 7) is 2.34. The Morgan fingerprint density at radius 3 is 2.38 bits per heavy atom. The fourth-order valence-corrected chi connectivity index (χ4v) is 4.03. The van der Waals surface area contributed by atoms with Crippen LogP contribution in [0.5, 0.6) is 0 Å². The van der Waals surface area contributed by atoms with E-state index in [1.807, 2.05) is 43.3 Å². The van der Waals surface area contributed by atoms with Crippen LogP contribution in [0.15, 0.2) is 77.3 Å². The van der Waals surface area contributed by atoms with E-state index < -0.39 is 11.5 Å². The van der Waals surface area contributed by atoms with Crippen LogP contribution < -0.4 is 4.90 Å². The van der Waals surface area contributed by atoms with Crippen molar-refractivity contribution in [1.82, 2.24) is 0 Å². The Morgan fingerprint density at radius 1 is 1.00 bits per heavy atom. The molecule has 0 saturated carbocycles. The van der Waals surface area contributed by atoms with Crippen molar-refractivity contribution in [2.45, 2.75) is 25.5 Å². The van der Waals surface area contributed by atoms with Gasteiger partial charge in [-0.25, -0.2) is 0 Å². The van der Waals surface area contributed by atoms with Crippen molar-refractivity contribution in [2.24, 2.45) is 0 Å². The molecule has 3 aromatic rings. The van der Waals surface area contributed by atoms with Crippen LogP contribution in [0.25, 0.3) is 0 Å². The lowest BCUT2D eigenvalue weighted by atomic mass is 9.88. The standard InChI is InChI=1S/C24H20BrNO3/c1-16-6-2-3-7-18(16)15-26-21-9-5-4-8-20(21)24(29,23(26)28)14-22(27)17-10-12-19(25)13-11-17/h2-13,29H,14-15H2,1H3/t24-/m0/s1. The number of ketones is 1. The van der Waals surface area contributed by atoms with Crippen molar-refractivity contribution in [3.63, 3.8) is 0 Å². The molecule has 4 rings (SSSR count). The van der Waals surface area contributed by atoms with E-state index in [1.54, 1.807) is 41.3 Å². The summed E-state index contributed by atoms with van der Waals surface area (Å²) in [6, 6.07) is 21.9. The van der Waals surface area contributed by atoms with Crippen molar-refractivity contribution < 1.29 is 14.7 Å². The molecule has 1 aliphatic heterocycles. The van der Waals surface area contributed by atoms with Gasteiger partial charge in [0, 0.05) is 15.6 Å². The Bertz CT molecular complexity index is 1090. The van der Waals surface area contributed by atoms with Gasteiger partial charge in [0.15, 0.2) is 11.4 Å². The third-order valence-corrected chi connectivity index (χ3v) is 5.94. The lowest BCUT2D eigenvalue weighted by Crippen LogP contribution is -2.41. The topological polar surface area (TPSA) is 57.6 Å². The predicted molar refractivity (Wildman–Crippen MR) is 116 cm³/mol. The number of carbonyl (C=O) groups is 2. The third-order valence-electron chi connectivity index (χ3n) is 5.41. The van der Waals surface area contributed by atoms with Gasteiger partial charge in [-0.15, -0.1) is 0 Å². The fourth-order valence-electron chi connectivity index (χ4n) is 3.76. The fraction of sp³-hybridized carbons (Fsp3) is 0.167. The summed E-state index contributed by atoms with van der Waals surface area (Å²) in [7, 11) is 0. The quantitative estimate of drug-likeness (QED) is 0.570. The molecule has 146 valence electrons. The summed E-state index contributed by atoms with van der Waals surface area (Å²) < 4.78 is 0.861. The number of Topliss-reactive ketones (excluding diaryl/α,β-unsaturated/α-hetero) is 1. The van der Waals surface area contributed by atoms with Crippen molar-refractivity contribution in [3.05, 3.63) is 99.5 Å². The van der Waals surface area contributed by atoms with Gasteiger partial charge in [-0.3, -0.25) is 9.59 Å². The van der Waals surface area contributed by atoms with Gasteiger partial charge in [-0.1, -0.05) is 70.5 Å². The number of nitrogens with zero attached hydrogens (tertiary/aromatic N) is 1. The first kappa shape index (κ1) is 19.6. The predicted octanol–water partition coefficient (Wildman–Crippen LogP) is 4.76. The van der Waals surface area contributed by atoms with Gasteiger partial charge in [0.2, 0.25) is 0 Å². The number of para-hydroxylation sites is 1. The molecule has 0 fully saturated rings. The van der Waals surface area contributed by atoms with E-state index >= 15 is 0 Å². The number of aryl methyl sites for hydroxylation is 1. The van der Waals surface area contributed by atoms with E-state index in [9.17, 15) is 14.7 Å². The minimum atomic E-state index is -1.87. The van der Waals surface area contributed by atoms with Crippen LogP contribution in [-0.4, -0.2) is 16.8 Å². The molecule has 0 saturated heterocycles. The molecule has 1 aliphatic rings. The van der Waals surface area contributed by atoms with Crippen molar-refractivity contribution in [1.29, 1.82) is 0 Å². The number of aliphatic hydroxyl groups is 1. The Morgan fingerprint density at radius 2 is 1.66 bits per heavy atom. The first-order valence-electron chi connectivity index (χ1n) is 9.37. The zero-order chi connectivity index (χ0) is 20.6. The molecule has 4 nitrogen and oxygen atoms in total. The summed E-state index contributed by atoms with van der Waals surface area (Å²) >= 11 is 3.35. The monoisotopic (exact) mass is 449 g/mol. The maximum atomic E-state index is 13.3.